The molecular weight excluding hydrogens is 457 g/mol. The first-order chi connectivity index (χ1) is 15.4. The zero-order valence-electron chi connectivity index (χ0n) is 17.0. The molecule has 0 bridgehead atoms. The largest absolute Gasteiger partial charge is 0.462 e. The molecule has 0 aliphatic carbocycles. The highest BCUT2D eigenvalue weighted by Gasteiger charge is 2.46. The van der Waals surface area contributed by atoms with E-state index in [2.05, 4.69) is 5.32 Å². The molecule has 0 aromatic heterocycles. The Kier molecular flexibility index (Phi) is 7.22. The van der Waals surface area contributed by atoms with E-state index >= 15 is 0 Å². The van der Waals surface area contributed by atoms with Gasteiger partial charge in [-0.3, -0.25) is 4.79 Å². The van der Waals surface area contributed by atoms with Crippen LogP contribution in [0.1, 0.15) is 12.5 Å². The summed E-state index contributed by atoms with van der Waals surface area (Å²) in [5.41, 5.74) is -2.47. The van der Waals surface area contributed by atoms with E-state index in [1.807, 2.05) is 0 Å². The molecule has 4 N–H and O–H groups in total. The average Bonchev–Trinajstić information content (AvgIpc) is 2.71. The zero-order chi connectivity index (χ0) is 24.5. The van der Waals surface area contributed by atoms with Gasteiger partial charge in [-0.2, -0.15) is 13.2 Å². The Morgan fingerprint density at radius 1 is 1.12 bits per heavy atom. The van der Waals surface area contributed by atoms with Gasteiger partial charge in [0.05, 0.1) is 12.2 Å². The summed E-state index contributed by atoms with van der Waals surface area (Å²) in [6, 6.07) is 3.15. The Bertz CT molecular complexity index is 997. The van der Waals surface area contributed by atoms with Crippen molar-refractivity contribution in [2.45, 2.75) is 43.7 Å². The maximum Gasteiger partial charge on any atom is 0.417 e. The quantitative estimate of drug-likeness (QED) is 0.491. The van der Waals surface area contributed by atoms with Crippen molar-refractivity contribution < 1.29 is 51.5 Å². The van der Waals surface area contributed by atoms with Crippen molar-refractivity contribution in [3.8, 4) is 16.9 Å². The normalized spacial score (nSPS) is 25.5. The first kappa shape index (κ1) is 24.8. The third-order valence-corrected chi connectivity index (χ3v) is 4.98. The minimum Gasteiger partial charge on any atom is -0.462 e. The van der Waals surface area contributed by atoms with Crippen molar-refractivity contribution in [2.24, 2.45) is 0 Å². The third kappa shape index (κ3) is 5.41. The minimum absolute atomic E-state index is 0.485. The molecule has 1 aliphatic rings. The summed E-state index contributed by atoms with van der Waals surface area (Å²) in [4.78, 5) is 11.6. The molecule has 0 spiro atoms. The molecule has 2 aromatic rings. The lowest BCUT2D eigenvalue weighted by Gasteiger charge is -2.42. The molecule has 33 heavy (non-hydrogen) atoms. The van der Waals surface area contributed by atoms with Crippen LogP contribution in [0.5, 0.6) is 5.75 Å². The molecule has 0 radical (unpaired) electrons. The smallest absolute Gasteiger partial charge is 0.417 e. The monoisotopic (exact) mass is 477 g/mol. The Balaban J connectivity index is 2.12. The number of carbonyl (C=O) groups excluding carboxylic acids is 1. The standard InChI is InChI=1S/C21H20F5NO6/c1-9(29)27-17-19(31)18(30)15(8-28)33-20(17)32-14-4-2-3-13(21(24,25)26)16(14)10-5-11(22)7-12(23)6-10/h2-7,15,17-20,28,30-31H,8H2,1H3,(H,27,29)/t15-,17-,18+,19-,20-/m1/s1. The highest BCUT2D eigenvalue weighted by molar-refractivity contribution is 5.75. The fraction of sp³-hybridized carbons (Fsp3) is 0.381. The van der Waals surface area contributed by atoms with Gasteiger partial charge >= 0.3 is 6.18 Å². The summed E-state index contributed by atoms with van der Waals surface area (Å²) in [6.07, 6.45) is -11.4. The summed E-state index contributed by atoms with van der Waals surface area (Å²) in [5, 5.41) is 32.1. The molecule has 1 saturated heterocycles. The zero-order valence-corrected chi connectivity index (χ0v) is 17.0. The molecule has 1 heterocycles. The molecule has 1 amide bonds. The molecule has 0 unspecified atom stereocenters. The van der Waals surface area contributed by atoms with Gasteiger partial charge in [-0.25, -0.2) is 8.78 Å². The van der Waals surface area contributed by atoms with Gasteiger partial charge in [0, 0.05) is 18.6 Å². The molecule has 180 valence electrons. The maximum atomic E-state index is 13.8. The van der Waals surface area contributed by atoms with E-state index in [0.29, 0.717) is 24.3 Å². The molecule has 1 aliphatic heterocycles. The second-order valence-corrected chi connectivity index (χ2v) is 7.39. The number of halogens is 5. The van der Waals surface area contributed by atoms with E-state index in [-0.39, 0.29) is 0 Å². The lowest BCUT2D eigenvalue weighted by molar-refractivity contribution is -0.244. The van der Waals surface area contributed by atoms with Crippen molar-refractivity contribution >= 4 is 5.91 Å². The number of nitrogens with one attached hydrogen (secondary N) is 1. The highest BCUT2D eigenvalue weighted by atomic mass is 19.4. The number of aliphatic hydroxyl groups excluding tert-OH is 3. The predicted molar refractivity (Wildman–Crippen MR) is 103 cm³/mol. The molecule has 2 aromatic carbocycles. The van der Waals surface area contributed by atoms with Crippen LogP contribution < -0.4 is 10.1 Å². The summed E-state index contributed by atoms with van der Waals surface area (Å²) in [5.74, 6) is -3.47. The Labute approximate surface area is 184 Å². The van der Waals surface area contributed by atoms with Crippen molar-refractivity contribution in [3.05, 3.63) is 53.6 Å². The molecule has 3 rings (SSSR count). The SMILES string of the molecule is CC(=O)N[C@H]1[C@H](Oc2cccc(C(F)(F)F)c2-c2cc(F)cc(F)c2)O[C@H](CO)[C@H](O)[C@@H]1O. The van der Waals surface area contributed by atoms with Crippen LogP contribution in [0, 0.1) is 11.6 Å². The predicted octanol–water partition coefficient (Wildman–Crippen LogP) is 1.97. The van der Waals surface area contributed by atoms with Crippen LogP contribution in [0.25, 0.3) is 11.1 Å². The molecule has 1 fully saturated rings. The number of alkyl halides is 3. The lowest BCUT2D eigenvalue weighted by atomic mass is 9.96. The third-order valence-electron chi connectivity index (χ3n) is 4.98. The summed E-state index contributed by atoms with van der Waals surface area (Å²) in [7, 11) is 0. The summed E-state index contributed by atoms with van der Waals surface area (Å²) in [6.45, 7) is 0.301. The molecular formula is C21H20F5NO6. The molecule has 12 heteroatoms. The van der Waals surface area contributed by atoms with Crippen LogP contribution >= 0.6 is 0 Å². The summed E-state index contributed by atoms with van der Waals surface area (Å²) < 4.78 is 79.7. The average molecular weight is 477 g/mol. The molecule has 7 nitrogen and oxygen atoms in total. The number of aliphatic hydroxyl groups is 3. The number of hydrogen-bond acceptors (Lipinski definition) is 6. The van der Waals surface area contributed by atoms with E-state index in [1.165, 1.54) is 0 Å². The molecule has 5 atom stereocenters. The van der Waals surface area contributed by atoms with Crippen LogP contribution in [-0.4, -0.2) is 58.5 Å². The second kappa shape index (κ2) is 9.59. The van der Waals surface area contributed by atoms with E-state index < -0.39 is 83.4 Å². The van der Waals surface area contributed by atoms with Crippen molar-refractivity contribution in [1.82, 2.24) is 5.32 Å². The fourth-order valence-electron chi connectivity index (χ4n) is 3.56. The van der Waals surface area contributed by atoms with Gasteiger partial charge in [-0.1, -0.05) is 6.07 Å². The van der Waals surface area contributed by atoms with E-state index in [4.69, 9.17) is 9.47 Å². The summed E-state index contributed by atoms with van der Waals surface area (Å²) >= 11 is 0. The molecule has 0 saturated carbocycles. The van der Waals surface area contributed by atoms with Crippen LogP contribution in [0.2, 0.25) is 0 Å². The van der Waals surface area contributed by atoms with Gasteiger partial charge in [0.15, 0.2) is 0 Å². The topological polar surface area (TPSA) is 108 Å². The maximum absolute atomic E-state index is 13.8. The highest BCUT2D eigenvalue weighted by Crippen LogP contribution is 2.43. The van der Waals surface area contributed by atoms with Gasteiger partial charge in [-0.15, -0.1) is 0 Å². The minimum atomic E-state index is -4.94. The first-order valence-electron chi connectivity index (χ1n) is 9.65. The van der Waals surface area contributed by atoms with Gasteiger partial charge in [-0.05, 0) is 29.8 Å². The van der Waals surface area contributed by atoms with Crippen molar-refractivity contribution in [2.75, 3.05) is 6.61 Å². The van der Waals surface area contributed by atoms with E-state index in [1.54, 1.807) is 0 Å². The van der Waals surface area contributed by atoms with Gasteiger partial charge in [0.25, 0.3) is 0 Å². The number of carbonyl (C=O) groups is 1. The van der Waals surface area contributed by atoms with E-state index in [9.17, 15) is 42.1 Å². The van der Waals surface area contributed by atoms with Crippen LogP contribution in [0.3, 0.4) is 0 Å². The Morgan fingerprint density at radius 2 is 1.76 bits per heavy atom. The number of rotatable bonds is 5. The van der Waals surface area contributed by atoms with E-state index in [0.717, 1.165) is 19.1 Å². The Morgan fingerprint density at radius 3 is 2.30 bits per heavy atom. The second-order valence-electron chi connectivity index (χ2n) is 7.39. The number of hydrogen-bond donors (Lipinski definition) is 4. The number of ether oxygens (including phenoxy) is 2. The first-order valence-corrected chi connectivity index (χ1v) is 9.65. The Hall–Kier alpha value is -2.80. The lowest BCUT2D eigenvalue weighted by Crippen LogP contribution is -2.65. The van der Waals surface area contributed by atoms with Crippen molar-refractivity contribution in [3.63, 3.8) is 0 Å². The van der Waals surface area contributed by atoms with Gasteiger partial charge in [0.1, 0.15) is 41.7 Å². The van der Waals surface area contributed by atoms with Gasteiger partial charge < -0.3 is 30.1 Å². The van der Waals surface area contributed by atoms with Gasteiger partial charge in [0.2, 0.25) is 12.2 Å². The number of benzene rings is 2. The fourth-order valence-corrected chi connectivity index (χ4v) is 3.56. The van der Waals surface area contributed by atoms with Crippen LogP contribution in [0.4, 0.5) is 22.0 Å². The van der Waals surface area contributed by atoms with Crippen LogP contribution in [-0.2, 0) is 15.7 Å². The number of amides is 1. The van der Waals surface area contributed by atoms with Crippen LogP contribution in [0.15, 0.2) is 36.4 Å². The van der Waals surface area contributed by atoms with Crippen molar-refractivity contribution in [1.29, 1.82) is 0 Å².